The number of amides is 1. The van der Waals surface area contributed by atoms with E-state index < -0.39 is 12.1 Å². The summed E-state index contributed by atoms with van der Waals surface area (Å²) in [5, 5.41) is 10.0. The van der Waals surface area contributed by atoms with Gasteiger partial charge in [-0.15, -0.1) is 0 Å². The first-order valence-electron chi connectivity index (χ1n) is 5.82. The molecule has 2 heterocycles. The molecule has 1 amide bonds. The topological polar surface area (TPSA) is 79.5 Å². The zero-order chi connectivity index (χ0) is 12.3. The molecule has 5 nitrogen and oxygen atoms in total. The van der Waals surface area contributed by atoms with Gasteiger partial charge in [-0.2, -0.15) is 0 Å². The fourth-order valence-electron chi connectivity index (χ4n) is 2.05. The molecule has 2 rings (SSSR count). The van der Waals surface area contributed by atoms with Gasteiger partial charge in [0.05, 0.1) is 0 Å². The van der Waals surface area contributed by atoms with Crippen LogP contribution in [-0.4, -0.2) is 40.0 Å². The van der Waals surface area contributed by atoms with E-state index in [1.165, 1.54) is 0 Å². The second-order valence-corrected chi connectivity index (χ2v) is 4.28. The molecule has 1 fully saturated rings. The van der Waals surface area contributed by atoms with Crippen molar-refractivity contribution in [1.29, 1.82) is 0 Å². The van der Waals surface area contributed by atoms with Gasteiger partial charge in [-0.25, -0.2) is 0 Å². The molecule has 1 aliphatic heterocycles. The average Bonchev–Trinajstić information content (AvgIpc) is 2.91. The summed E-state index contributed by atoms with van der Waals surface area (Å²) in [7, 11) is 0. The van der Waals surface area contributed by atoms with Gasteiger partial charge < -0.3 is 15.7 Å². The molecule has 0 saturated carbocycles. The van der Waals surface area contributed by atoms with Crippen molar-refractivity contribution in [2.24, 2.45) is 5.73 Å². The summed E-state index contributed by atoms with van der Waals surface area (Å²) in [5.41, 5.74) is 6.44. The molecule has 0 spiro atoms. The van der Waals surface area contributed by atoms with Crippen molar-refractivity contribution in [3.05, 3.63) is 30.1 Å². The summed E-state index contributed by atoms with van der Waals surface area (Å²) < 4.78 is 0. The molecule has 0 radical (unpaired) electrons. The standard InChI is InChI=1S/C12H17N3O2.2CH4/c13-10(12(17)15-7-1-2-8-15)11(16)9-3-5-14-6-4-9;;/h3-6,10-11,16H,1-2,7-8,13H2;2*1H4/t10-,11-;;/m1../s1. The van der Waals surface area contributed by atoms with E-state index in [0.717, 1.165) is 25.9 Å². The zero-order valence-electron chi connectivity index (χ0n) is 9.62. The van der Waals surface area contributed by atoms with E-state index in [1.807, 2.05) is 0 Å². The number of nitrogens with two attached hydrogens (primary N) is 1. The fourth-order valence-corrected chi connectivity index (χ4v) is 2.05. The summed E-state index contributed by atoms with van der Waals surface area (Å²) in [6.07, 6.45) is 4.22. The summed E-state index contributed by atoms with van der Waals surface area (Å²) in [4.78, 5) is 17.6. The predicted octanol–water partition coefficient (Wildman–Crippen LogP) is 1.34. The molecule has 0 bridgehead atoms. The van der Waals surface area contributed by atoms with Crippen molar-refractivity contribution in [2.75, 3.05) is 13.1 Å². The quantitative estimate of drug-likeness (QED) is 0.866. The van der Waals surface area contributed by atoms with Crippen molar-refractivity contribution in [1.82, 2.24) is 9.88 Å². The van der Waals surface area contributed by atoms with Crippen molar-refractivity contribution in [3.8, 4) is 0 Å². The number of likely N-dealkylation sites (tertiary alicyclic amines) is 1. The van der Waals surface area contributed by atoms with E-state index >= 15 is 0 Å². The largest absolute Gasteiger partial charge is 0.386 e. The minimum atomic E-state index is -0.967. The first kappa shape index (κ1) is 17.5. The van der Waals surface area contributed by atoms with E-state index in [1.54, 1.807) is 29.4 Å². The Kier molecular flexibility index (Phi) is 7.26. The average molecular weight is 267 g/mol. The molecule has 2 atom stereocenters. The molecule has 108 valence electrons. The Balaban J connectivity index is 0.00000162. The monoisotopic (exact) mass is 267 g/mol. The molecule has 1 aromatic heterocycles. The highest BCUT2D eigenvalue weighted by molar-refractivity contribution is 5.82. The maximum atomic E-state index is 12.0. The van der Waals surface area contributed by atoms with E-state index in [0.29, 0.717) is 5.56 Å². The van der Waals surface area contributed by atoms with Gasteiger partial charge in [-0.1, -0.05) is 14.9 Å². The Morgan fingerprint density at radius 3 is 2.32 bits per heavy atom. The van der Waals surface area contributed by atoms with Crippen LogP contribution in [0.3, 0.4) is 0 Å². The van der Waals surface area contributed by atoms with Gasteiger partial charge in [0.1, 0.15) is 12.1 Å². The van der Waals surface area contributed by atoms with Crippen LogP contribution in [0.2, 0.25) is 0 Å². The van der Waals surface area contributed by atoms with E-state index in [9.17, 15) is 9.90 Å². The number of pyridine rings is 1. The highest BCUT2D eigenvalue weighted by atomic mass is 16.3. The number of carbonyl (C=O) groups excluding carboxylic acids is 1. The maximum absolute atomic E-state index is 12.0. The smallest absolute Gasteiger partial charge is 0.242 e. The lowest BCUT2D eigenvalue weighted by Gasteiger charge is -2.23. The van der Waals surface area contributed by atoms with E-state index in [4.69, 9.17) is 5.73 Å². The van der Waals surface area contributed by atoms with Crippen molar-refractivity contribution in [2.45, 2.75) is 39.8 Å². The molecule has 5 heteroatoms. The van der Waals surface area contributed by atoms with Crippen LogP contribution >= 0.6 is 0 Å². The van der Waals surface area contributed by atoms with E-state index in [-0.39, 0.29) is 20.8 Å². The Bertz CT molecular complexity index is 378. The van der Waals surface area contributed by atoms with Crippen molar-refractivity contribution < 1.29 is 9.90 Å². The Morgan fingerprint density at radius 2 is 1.79 bits per heavy atom. The summed E-state index contributed by atoms with van der Waals surface area (Å²) in [5.74, 6) is -0.174. The highest BCUT2D eigenvalue weighted by Gasteiger charge is 2.29. The van der Waals surface area contributed by atoms with Gasteiger partial charge in [0, 0.05) is 25.5 Å². The number of nitrogens with zero attached hydrogens (tertiary/aromatic N) is 2. The maximum Gasteiger partial charge on any atom is 0.242 e. The SMILES string of the molecule is C.C.N[C@@H](C(=O)N1CCCC1)[C@H](O)c1ccncc1. The van der Waals surface area contributed by atoms with E-state index in [2.05, 4.69) is 4.98 Å². The zero-order valence-corrected chi connectivity index (χ0v) is 9.62. The van der Waals surface area contributed by atoms with Crippen LogP contribution in [0.5, 0.6) is 0 Å². The minimum absolute atomic E-state index is 0. The Labute approximate surface area is 115 Å². The summed E-state index contributed by atoms with van der Waals surface area (Å²) in [6, 6.07) is 2.44. The number of hydrogen-bond donors (Lipinski definition) is 2. The number of hydrogen-bond acceptors (Lipinski definition) is 4. The van der Waals surface area contributed by atoms with Gasteiger partial charge in [-0.05, 0) is 30.5 Å². The third-order valence-electron chi connectivity index (χ3n) is 3.09. The Morgan fingerprint density at radius 1 is 1.26 bits per heavy atom. The van der Waals surface area contributed by atoms with Crippen molar-refractivity contribution in [3.63, 3.8) is 0 Å². The second kappa shape index (κ2) is 7.86. The lowest BCUT2D eigenvalue weighted by Crippen LogP contribution is -2.45. The minimum Gasteiger partial charge on any atom is -0.386 e. The van der Waals surface area contributed by atoms with Crippen LogP contribution in [-0.2, 0) is 4.79 Å². The second-order valence-electron chi connectivity index (χ2n) is 4.28. The number of aliphatic hydroxyl groups is 1. The van der Waals surface area contributed by atoms with Crippen LogP contribution in [0.1, 0.15) is 39.4 Å². The van der Waals surface area contributed by atoms with Gasteiger partial charge in [0.25, 0.3) is 0 Å². The first-order valence-corrected chi connectivity index (χ1v) is 5.82. The van der Waals surface area contributed by atoms with Gasteiger partial charge in [0.2, 0.25) is 5.91 Å². The molecular weight excluding hydrogens is 242 g/mol. The summed E-state index contributed by atoms with van der Waals surface area (Å²) >= 11 is 0. The van der Waals surface area contributed by atoms with Crippen LogP contribution in [0.4, 0.5) is 0 Å². The normalized spacial score (nSPS) is 17.1. The van der Waals surface area contributed by atoms with Crippen LogP contribution in [0, 0.1) is 0 Å². The molecule has 1 aliphatic rings. The molecular formula is C14H25N3O2. The highest BCUT2D eigenvalue weighted by Crippen LogP contribution is 2.18. The first-order chi connectivity index (χ1) is 8.20. The molecule has 0 aromatic carbocycles. The van der Waals surface area contributed by atoms with Crippen LogP contribution in [0.25, 0.3) is 0 Å². The fraction of sp³-hybridized carbons (Fsp3) is 0.571. The van der Waals surface area contributed by atoms with Crippen LogP contribution in [0.15, 0.2) is 24.5 Å². The number of rotatable bonds is 3. The third kappa shape index (κ3) is 4.01. The molecule has 19 heavy (non-hydrogen) atoms. The summed E-state index contributed by atoms with van der Waals surface area (Å²) in [6.45, 7) is 1.49. The van der Waals surface area contributed by atoms with Crippen LogP contribution < -0.4 is 5.73 Å². The molecule has 3 N–H and O–H groups in total. The number of carbonyl (C=O) groups is 1. The third-order valence-corrected chi connectivity index (χ3v) is 3.09. The van der Waals surface area contributed by atoms with Gasteiger partial charge in [-0.3, -0.25) is 9.78 Å². The van der Waals surface area contributed by atoms with Crippen molar-refractivity contribution >= 4 is 5.91 Å². The number of aliphatic hydroxyl groups excluding tert-OH is 1. The number of aromatic nitrogens is 1. The molecule has 0 aliphatic carbocycles. The Hall–Kier alpha value is -1.46. The molecule has 1 aromatic rings. The lowest BCUT2D eigenvalue weighted by atomic mass is 10.0. The molecule has 1 saturated heterocycles. The predicted molar refractivity (Wildman–Crippen MR) is 76.4 cm³/mol. The lowest BCUT2D eigenvalue weighted by molar-refractivity contribution is -0.134. The van der Waals surface area contributed by atoms with Gasteiger partial charge in [0.15, 0.2) is 0 Å². The molecule has 0 unspecified atom stereocenters. The van der Waals surface area contributed by atoms with Gasteiger partial charge >= 0.3 is 0 Å².